The van der Waals surface area contributed by atoms with E-state index in [9.17, 15) is 4.79 Å². The molecule has 5 nitrogen and oxygen atoms in total. The largest absolute Gasteiger partial charge is 0.323 e. The van der Waals surface area contributed by atoms with Gasteiger partial charge >= 0.3 is 6.03 Å². The highest BCUT2D eigenvalue weighted by Gasteiger charge is 2.05. The van der Waals surface area contributed by atoms with Gasteiger partial charge in [0, 0.05) is 11.1 Å². The highest BCUT2D eigenvalue weighted by Crippen LogP contribution is 2.18. The Bertz CT molecular complexity index is 677. The fourth-order valence-corrected chi connectivity index (χ4v) is 2.59. The molecule has 0 spiro atoms. The van der Waals surface area contributed by atoms with Gasteiger partial charge in [0.15, 0.2) is 0 Å². The SMILES string of the molecule is O=C(Nc1ccsc1)Nc1ccc2nsnc2c1. The maximum atomic E-state index is 11.7. The third-order valence-corrected chi connectivity index (χ3v) is 3.53. The maximum Gasteiger partial charge on any atom is 0.323 e. The van der Waals surface area contributed by atoms with E-state index >= 15 is 0 Å². The van der Waals surface area contributed by atoms with Crippen LogP contribution in [0.15, 0.2) is 35.0 Å². The second kappa shape index (κ2) is 4.71. The molecule has 0 radical (unpaired) electrons. The second-order valence-corrected chi connectivity index (χ2v) is 4.87. The Morgan fingerprint density at radius 1 is 1.06 bits per heavy atom. The van der Waals surface area contributed by atoms with Crippen LogP contribution in [0.2, 0.25) is 0 Å². The lowest BCUT2D eigenvalue weighted by molar-refractivity contribution is 0.262. The van der Waals surface area contributed by atoms with Crippen LogP contribution >= 0.6 is 23.1 Å². The Kier molecular flexibility index (Phi) is 2.91. The van der Waals surface area contributed by atoms with Crippen molar-refractivity contribution >= 4 is 51.5 Å². The first-order valence-corrected chi connectivity index (χ1v) is 6.81. The van der Waals surface area contributed by atoms with Crippen LogP contribution in [-0.4, -0.2) is 14.8 Å². The average Bonchev–Trinajstić information content (AvgIpc) is 2.98. The van der Waals surface area contributed by atoms with Gasteiger partial charge in [-0.1, -0.05) is 0 Å². The predicted molar refractivity (Wildman–Crippen MR) is 74.4 cm³/mol. The lowest BCUT2D eigenvalue weighted by atomic mass is 10.3. The van der Waals surface area contributed by atoms with E-state index in [1.807, 2.05) is 22.9 Å². The fraction of sp³-hybridized carbons (Fsp3) is 0. The summed E-state index contributed by atoms with van der Waals surface area (Å²) in [5.74, 6) is 0. The average molecular weight is 276 g/mol. The van der Waals surface area contributed by atoms with Gasteiger partial charge < -0.3 is 10.6 Å². The topological polar surface area (TPSA) is 66.9 Å². The van der Waals surface area contributed by atoms with Crippen LogP contribution in [0, 0.1) is 0 Å². The van der Waals surface area contributed by atoms with E-state index in [0.717, 1.165) is 28.4 Å². The Hall–Kier alpha value is -1.99. The molecule has 2 heterocycles. The van der Waals surface area contributed by atoms with E-state index in [4.69, 9.17) is 0 Å². The molecule has 0 aliphatic heterocycles. The zero-order valence-electron chi connectivity index (χ0n) is 9.08. The van der Waals surface area contributed by atoms with Crippen LogP contribution in [0.5, 0.6) is 0 Å². The number of rotatable bonds is 2. The van der Waals surface area contributed by atoms with Gasteiger partial charge in [0.05, 0.1) is 17.4 Å². The number of thiophene rings is 1. The zero-order valence-corrected chi connectivity index (χ0v) is 10.7. The highest BCUT2D eigenvalue weighted by molar-refractivity contribution is 7.08. The molecule has 90 valence electrons. The number of fused-ring (bicyclic) bond motifs is 1. The van der Waals surface area contributed by atoms with Gasteiger partial charge in [0.25, 0.3) is 0 Å². The van der Waals surface area contributed by atoms with Crippen molar-refractivity contribution in [3.63, 3.8) is 0 Å². The van der Waals surface area contributed by atoms with Gasteiger partial charge in [0.2, 0.25) is 0 Å². The van der Waals surface area contributed by atoms with Crippen molar-refractivity contribution in [3.8, 4) is 0 Å². The van der Waals surface area contributed by atoms with Crippen LogP contribution < -0.4 is 10.6 Å². The molecular weight excluding hydrogens is 268 g/mol. The Labute approximate surface area is 111 Å². The number of nitrogens with zero attached hydrogens (tertiary/aromatic N) is 2. The molecular formula is C11H8N4OS2. The van der Waals surface area contributed by atoms with Crippen molar-refractivity contribution in [2.45, 2.75) is 0 Å². The van der Waals surface area contributed by atoms with Crippen LogP contribution in [0.4, 0.5) is 16.2 Å². The number of hydrogen-bond acceptors (Lipinski definition) is 5. The molecule has 0 bridgehead atoms. The summed E-state index contributed by atoms with van der Waals surface area (Å²) >= 11 is 2.69. The fourth-order valence-electron chi connectivity index (χ4n) is 1.49. The lowest BCUT2D eigenvalue weighted by Crippen LogP contribution is -2.18. The highest BCUT2D eigenvalue weighted by atomic mass is 32.1. The van der Waals surface area contributed by atoms with E-state index in [1.54, 1.807) is 12.1 Å². The van der Waals surface area contributed by atoms with Crippen molar-refractivity contribution in [2.24, 2.45) is 0 Å². The number of anilines is 2. The van der Waals surface area contributed by atoms with Crippen molar-refractivity contribution in [3.05, 3.63) is 35.0 Å². The summed E-state index contributed by atoms with van der Waals surface area (Å²) < 4.78 is 8.23. The summed E-state index contributed by atoms with van der Waals surface area (Å²) in [5, 5.41) is 9.27. The van der Waals surface area contributed by atoms with Crippen LogP contribution in [0.1, 0.15) is 0 Å². The molecule has 7 heteroatoms. The van der Waals surface area contributed by atoms with Crippen molar-refractivity contribution in [2.75, 3.05) is 10.6 Å². The third kappa shape index (κ3) is 2.31. The summed E-state index contributed by atoms with van der Waals surface area (Å²) in [5.41, 5.74) is 3.11. The predicted octanol–water partition coefficient (Wildman–Crippen LogP) is 3.40. The summed E-state index contributed by atoms with van der Waals surface area (Å²) in [7, 11) is 0. The maximum absolute atomic E-state index is 11.7. The van der Waals surface area contributed by atoms with Crippen molar-refractivity contribution < 1.29 is 4.79 Å². The van der Waals surface area contributed by atoms with E-state index in [-0.39, 0.29) is 6.03 Å². The number of benzene rings is 1. The number of hydrogen-bond donors (Lipinski definition) is 2. The zero-order chi connectivity index (χ0) is 12.4. The van der Waals surface area contributed by atoms with Crippen LogP contribution in [0.3, 0.4) is 0 Å². The molecule has 2 aromatic heterocycles. The molecule has 0 saturated carbocycles. The van der Waals surface area contributed by atoms with Gasteiger partial charge in [-0.05, 0) is 29.6 Å². The number of carbonyl (C=O) groups excluding carboxylic acids is 1. The van der Waals surface area contributed by atoms with Gasteiger partial charge in [0.1, 0.15) is 11.0 Å². The van der Waals surface area contributed by atoms with Crippen LogP contribution in [0.25, 0.3) is 11.0 Å². The van der Waals surface area contributed by atoms with Crippen LogP contribution in [-0.2, 0) is 0 Å². The third-order valence-electron chi connectivity index (χ3n) is 2.29. The smallest absolute Gasteiger partial charge is 0.308 e. The molecule has 1 aromatic carbocycles. The Balaban J connectivity index is 1.73. The molecule has 0 fully saturated rings. The number of aromatic nitrogens is 2. The molecule has 0 unspecified atom stereocenters. The van der Waals surface area contributed by atoms with Gasteiger partial charge in [-0.3, -0.25) is 0 Å². The van der Waals surface area contributed by atoms with E-state index in [1.165, 1.54) is 11.3 Å². The van der Waals surface area contributed by atoms with E-state index in [2.05, 4.69) is 19.4 Å². The number of urea groups is 1. The standard InChI is InChI=1S/C11H8N4OS2/c16-11(13-8-3-4-17-6-8)12-7-1-2-9-10(5-7)15-18-14-9/h1-6H,(H2,12,13,16). The van der Waals surface area contributed by atoms with Gasteiger partial charge in [-0.2, -0.15) is 20.1 Å². The van der Waals surface area contributed by atoms with E-state index in [0.29, 0.717) is 5.69 Å². The van der Waals surface area contributed by atoms with Crippen molar-refractivity contribution in [1.29, 1.82) is 0 Å². The normalized spacial score (nSPS) is 10.4. The molecule has 3 rings (SSSR count). The molecule has 0 atom stereocenters. The molecule has 18 heavy (non-hydrogen) atoms. The summed E-state index contributed by atoms with van der Waals surface area (Å²) in [6.07, 6.45) is 0. The first kappa shape index (κ1) is 11.1. The molecule has 0 saturated heterocycles. The monoisotopic (exact) mass is 276 g/mol. The summed E-state index contributed by atoms with van der Waals surface area (Å²) in [4.78, 5) is 11.7. The summed E-state index contributed by atoms with van der Waals surface area (Å²) in [6.45, 7) is 0. The lowest BCUT2D eigenvalue weighted by Gasteiger charge is -2.05. The minimum absolute atomic E-state index is 0.268. The molecule has 0 aliphatic carbocycles. The van der Waals surface area contributed by atoms with E-state index < -0.39 is 0 Å². The molecule has 0 aliphatic rings. The minimum Gasteiger partial charge on any atom is -0.308 e. The number of amides is 2. The van der Waals surface area contributed by atoms with Crippen molar-refractivity contribution in [1.82, 2.24) is 8.75 Å². The van der Waals surface area contributed by atoms with Gasteiger partial charge in [-0.25, -0.2) is 4.79 Å². The molecule has 2 amide bonds. The number of carbonyl (C=O) groups is 1. The first-order valence-electron chi connectivity index (χ1n) is 5.14. The molecule has 3 aromatic rings. The Morgan fingerprint density at radius 2 is 1.89 bits per heavy atom. The first-order chi connectivity index (χ1) is 8.81. The quantitative estimate of drug-likeness (QED) is 0.754. The molecule has 2 N–H and O–H groups in total. The Morgan fingerprint density at radius 3 is 2.72 bits per heavy atom. The van der Waals surface area contributed by atoms with Gasteiger partial charge in [-0.15, -0.1) is 0 Å². The number of nitrogens with one attached hydrogen (secondary N) is 2. The minimum atomic E-state index is -0.268. The second-order valence-electron chi connectivity index (χ2n) is 3.56. The summed E-state index contributed by atoms with van der Waals surface area (Å²) in [6, 6.07) is 7.01.